The van der Waals surface area contributed by atoms with Crippen LogP contribution >= 0.6 is 0 Å². The fourth-order valence-corrected chi connectivity index (χ4v) is 2.62. The maximum absolute atomic E-state index is 12.6. The first-order valence-corrected chi connectivity index (χ1v) is 7.47. The largest absolute Gasteiger partial charge is 0.481 e. The summed E-state index contributed by atoms with van der Waals surface area (Å²) in [6.07, 6.45) is 3.02. The van der Waals surface area contributed by atoms with Crippen LogP contribution in [0.1, 0.15) is 32.6 Å². The van der Waals surface area contributed by atoms with E-state index in [-0.39, 0.29) is 30.3 Å². The van der Waals surface area contributed by atoms with Gasteiger partial charge >= 0.3 is 5.97 Å². The van der Waals surface area contributed by atoms with E-state index in [1.54, 1.807) is 4.90 Å². The van der Waals surface area contributed by atoms with Crippen LogP contribution in [0.5, 0.6) is 0 Å². The van der Waals surface area contributed by atoms with E-state index in [0.717, 1.165) is 25.8 Å². The molecular weight excluding hydrogens is 260 g/mol. The standard InChI is InChI=1S/C14H24N2O4/c1-2-6-15-12-9-20-8-11(12)14(19)16(10-3-4-10)7-5-13(17)18/h10-12,15H,2-9H2,1H3,(H,17,18). The van der Waals surface area contributed by atoms with Crippen molar-refractivity contribution in [2.45, 2.75) is 44.7 Å². The number of hydrogen-bond donors (Lipinski definition) is 2. The second-order valence-corrected chi connectivity index (χ2v) is 5.61. The molecule has 1 aliphatic heterocycles. The van der Waals surface area contributed by atoms with Gasteiger partial charge in [0.25, 0.3) is 0 Å². The monoisotopic (exact) mass is 284 g/mol. The third-order valence-electron chi connectivity index (χ3n) is 3.89. The molecule has 2 N–H and O–H groups in total. The minimum absolute atomic E-state index is 0.0167. The zero-order chi connectivity index (χ0) is 14.5. The summed E-state index contributed by atoms with van der Waals surface area (Å²) in [5.41, 5.74) is 0. The molecule has 114 valence electrons. The summed E-state index contributed by atoms with van der Waals surface area (Å²) >= 11 is 0. The molecule has 2 aliphatic rings. The Morgan fingerprint density at radius 3 is 2.70 bits per heavy atom. The van der Waals surface area contributed by atoms with Crippen LogP contribution in [0.2, 0.25) is 0 Å². The molecule has 2 fully saturated rings. The van der Waals surface area contributed by atoms with Crippen molar-refractivity contribution in [3.63, 3.8) is 0 Å². The van der Waals surface area contributed by atoms with Gasteiger partial charge in [-0.25, -0.2) is 0 Å². The van der Waals surface area contributed by atoms with Crippen LogP contribution in [0.4, 0.5) is 0 Å². The van der Waals surface area contributed by atoms with Crippen molar-refractivity contribution in [3.05, 3.63) is 0 Å². The average molecular weight is 284 g/mol. The number of hydrogen-bond acceptors (Lipinski definition) is 4. The molecule has 1 heterocycles. The molecule has 2 atom stereocenters. The summed E-state index contributed by atoms with van der Waals surface area (Å²) in [4.78, 5) is 25.1. The number of ether oxygens (including phenoxy) is 1. The Balaban J connectivity index is 1.93. The Morgan fingerprint density at radius 2 is 2.10 bits per heavy atom. The molecule has 0 aromatic heterocycles. The molecule has 6 nitrogen and oxygen atoms in total. The third-order valence-corrected chi connectivity index (χ3v) is 3.89. The van der Waals surface area contributed by atoms with Crippen LogP contribution in [0.15, 0.2) is 0 Å². The molecular formula is C14H24N2O4. The maximum atomic E-state index is 12.6. The highest BCUT2D eigenvalue weighted by Crippen LogP contribution is 2.30. The fraction of sp³-hybridized carbons (Fsp3) is 0.857. The topological polar surface area (TPSA) is 78.9 Å². The maximum Gasteiger partial charge on any atom is 0.305 e. The van der Waals surface area contributed by atoms with Crippen LogP contribution < -0.4 is 5.32 Å². The van der Waals surface area contributed by atoms with Crippen molar-refractivity contribution in [3.8, 4) is 0 Å². The van der Waals surface area contributed by atoms with E-state index in [4.69, 9.17) is 9.84 Å². The lowest BCUT2D eigenvalue weighted by Crippen LogP contribution is -2.47. The molecule has 0 radical (unpaired) electrons. The van der Waals surface area contributed by atoms with Crippen LogP contribution in [0.3, 0.4) is 0 Å². The van der Waals surface area contributed by atoms with E-state index in [1.165, 1.54) is 0 Å². The third kappa shape index (κ3) is 3.93. The first-order chi connectivity index (χ1) is 9.63. The predicted molar refractivity (Wildman–Crippen MR) is 73.4 cm³/mol. The molecule has 20 heavy (non-hydrogen) atoms. The summed E-state index contributed by atoms with van der Waals surface area (Å²) in [7, 11) is 0. The summed E-state index contributed by atoms with van der Waals surface area (Å²) in [5.74, 6) is -0.970. The second-order valence-electron chi connectivity index (χ2n) is 5.61. The molecule has 0 spiro atoms. The normalized spacial score (nSPS) is 25.6. The Hall–Kier alpha value is -1.14. The van der Waals surface area contributed by atoms with Gasteiger partial charge in [-0.1, -0.05) is 6.92 Å². The predicted octanol–water partition coefficient (Wildman–Crippen LogP) is 0.467. The van der Waals surface area contributed by atoms with E-state index in [0.29, 0.717) is 19.8 Å². The number of aliphatic carboxylic acids is 1. The highest BCUT2D eigenvalue weighted by atomic mass is 16.5. The van der Waals surface area contributed by atoms with E-state index in [1.807, 2.05) is 0 Å². The first-order valence-electron chi connectivity index (χ1n) is 7.47. The lowest BCUT2D eigenvalue weighted by Gasteiger charge is -2.27. The molecule has 2 rings (SSSR count). The number of carboxylic acids is 1. The molecule has 0 aromatic rings. The minimum atomic E-state index is -0.855. The summed E-state index contributed by atoms with van der Waals surface area (Å²) in [6.45, 7) is 4.28. The minimum Gasteiger partial charge on any atom is -0.481 e. The Kier molecular flexibility index (Phi) is 5.37. The molecule has 0 aromatic carbocycles. The first kappa shape index (κ1) is 15.3. The lowest BCUT2D eigenvalue weighted by atomic mass is 10.0. The molecule has 0 bridgehead atoms. The molecule has 1 amide bonds. The zero-order valence-corrected chi connectivity index (χ0v) is 12.0. The van der Waals surface area contributed by atoms with Crippen LogP contribution in [-0.4, -0.2) is 60.3 Å². The number of amides is 1. The molecule has 6 heteroatoms. The van der Waals surface area contributed by atoms with Crippen molar-refractivity contribution in [2.75, 3.05) is 26.3 Å². The van der Waals surface area contributed by atoms with Gasteiger partial charge in [-0.05, 0) is 25.8 Å². The Bertz CT molecular complexity index is 357. The molecule has 2 unspecified atom stereocenters. The van der Waals surface area contributed by atoms with E-state index in [9.17, 15) is 9.59 Å². The quantitative estimate of drug-likeness (QED) is 0.677. The van der Waals surface area contributed by atoms with Gasteiger partial charge in [-0.3, -0.25) is 9.59 Å². The van der Waals surface area contributed by atoms with E-state index < -0.39 is 5.97 Å². The average Bonchev–Trinajstić information content (AvgIpc) is 3.14. The SMILES string of the molecule is CCCNC1COCC1C(=O)N(CCC(=O)O)C1CC1. The van der Waals surface area contributed by atoms with E-state index in [2.05, 4.69) is 12.2 Å². The van der Waals surface area contributed by atoms with Gasteiger partial charge in [0.15, 0.2) is 0 Å². The number of carbonyl (C=O) groups excluding carboxylic acids is 1. The van der Waals surface area contributed by atoms with Gasteiger partial charge in [0.05, 0.1) is 25.6 Å². The van der Waals surface area contributed by atoms with Crippen molar-refractivity contribution in [1.82, 2.24) is 10.2 Å². The van der Waals surface area contributed by atoms with Crippen LogP contribution in [-0.2, 0) is 14.3 Å². The van der Waals surface area contributed by atoms with E-state index >= 15 is 0 Å². The van der Waals surface area contributed by atoms with Gasteiger partial charge in [0.2, 0.25) is 5.91 Å². The van der Waals surface area contributed by atoms with Gasteiger partial charge in [-0.15, -0.1) is 0 Å². The number of carbonyl (C=O) groups is 2. The molecule has 1 saturated heterocycles. The summed E-state index contributed by atoms with van der Waals surface area (Å²) < 4.78 is 5.44. The van der Waals surface area contributed by atoms with Gasteiger partial charge < -0.3 is 20.1 Å². The van der Waals surface area contributed by atoms with Gasteiger partial charge in [0, 0.05) is 18.6 Å². The van der Waals surface area contributed by atoms with Crippen molar-refractivity contribution in [1.29, 1.82) is 0 Å². The van der Waals surface area contributed by atoms with Crippen molar-refractivity contribution in [2.24, 2.45) is 5.92 Å². The Morgan fingerprint density at radius 1 is 1.35 bits per heavy atom. The highest BCUT2D eigenvalue weighted by molar-refractivity contribution is 5.81. The summed E-state index contributed by atoms with van der Waals surface area (Å²) in [5, 5.41) is 12.2. The highest BCUT2D eigenvalue weighted by Gasteiger charge is 2.41. The van der Waals surface area contributed by atoms with Crippen molar-refractivity contribution < 1.29 is 19.4 Å². The second kappa shape index (κ2) is 7.04. The van der Waals surface area contributed by atoms with Crippen LogP contribution in [0, 0.1) is 5.92 Å². The van der Waals surface area contributed by atoms with Gasteiger partial charge in [-0.2, -0.15) is 0 Å². The van der Waals surface area contributed by atoms with Crippen LogP contribution in [0.25, 0.3) is 0 Å². The molecule has 1 saturated carbocycles. The molecule has 1 aliphatic carbocycles. The lowest BCUT2D eigenvalue weighted by molar-refractivity contribution is -0.140. The number of rotatable bonds is 8. The Labute approximate surface area is 119 Å². The van der Waals surface area contributed by atoms with Crippen molar-refractivity contribution >= 4 is 11.9 Å². The smallest absolute Gasteiger partial charge is 0.305 e. The van der Waals surface area contributed by atoms with Gasteiger partial charge in [0.1, 0.15) is 0 Å². The number of nitrogens with one attached hydrogen (secondary N) is 1. The zero-order valence-electron chi connectivity index (χ0n) is 12.0. The fourth-order valence-electron chi connectivity index (χ4n) is 2.62. The number of nitrogens with zero attached hydrogens (tertiary/aromatic N) is 1. The number of carboxylic acid groups (broad SMARTS) is 1. The summed E-state index contributed by atoms with van der Waals surface area (Å²) in [6, 6.07) is 0.308.